The number of hydrogen-bond acceptors (Lipinski definition) is 8. The van der Waals surface area contributed by atoms with Crippen LogP contribution in [0.3, 0.4) is 0 Å². The molecular weight excluding hydrogens is 278 g/mol. The van der Waals surface area contributed by atoms with Crippen molar-refractivity contribution in [1.82, 2.24) is 14.9 Å². The Balaban J connectivity index is 2.16. The van der Waals surface area contributed by atoms with Crippen LogP contribution >= 0.6 is 0 Å². The van der Waals surface area contributed by atoms with Crippen molar-refractivity contribution in [3.8, 4) is 5.75 Å². The van der Waals surface area contributed by atoms with Gasteiger partial charge in [0.15, 0.2) is 11.6 Å². The van der Waals surface area contributed by atoms with Crippen molar-refractivity contribution in [3.05, 3.63) is 39.7 Å². The fourth-order valence-corrected chi connectivity index (χ4v) is 1.54. The molecule has 0 fully saturated rings. The fraction of sp³-hybridized carbons (Fsp3) is 0.182. The van der Waals surface area contributed by atoms with Gasteiger partial charge in [0.05, 0.1) is 18.2 Å². The normalized spacial score (nSPS) is 10.8. The highest BCUT2D eigenvalue weighted by Gasteiger charge is 2.14. The van der Waals surface area contributed by atoms with E-state index in [1.807, 2.05) is 0 Å². The van der Waals surface area contributed by atoms with Crippen LogP contribution in [0.2, 0.25) is 0 Å². The van der Waals surface area contributed by atoms with Crippen molar-refractivity contribution < 1.29 is 9.66 Å². The number of nitrogens with two attached hydrogens (primary N) is 1. The molecule has 0 unspecified atom stereocenters. The van der Waals surface area contributed by atoms with Gasteiger partial charge in [-0.15, -0.1) is 10.2 Å². The summed E-state index contributed by atoms with van der Waals surface area (Å²) < 4.78 is 6.14. The SMILES string of the molecule is COc1ccc(/C=N\Nc2nnc(C)n2N)cc1[N+](=O)[O-]. The predicted octanol–water partition coefficient (Wildman–Crippen LogP) is 0.663. The van der Waals surface area contributed by atoms with E-state index in [2.05, 4.69) is 20.7 Å². The third kappa shape index (κ3) is 3.05. The first-order valence-corrected chi connectivity index (χ1v) is 5.81. The minimum atomic E-state index is -0.524. The maximum Gasteiger partial charge on any atom is 0.311 e. The number of hydrogen-bond donors (Lipinski definition) is 2. The van der Waals surface area contributed by atoms with E-state index in [9.17, 15) is 10.1 Å². The molecule has 0 spiro atoms. The quantitative estimate of drug-likeness (QED) is 0.357. The number of rotatable bonds is 5. The second-order valence-corrected chi connectivity index (χ2v) is 4.00. The molecule has 2 rings (SSSR count). The minimum absolute atomic E-state index is 0.140. The predicted molar refractivity (Wildman–Crippen MR) is 75.8 cm³/mol. The van der Waals surface area contributed by atoms with Crippen LogP contribution in [0, 0.1) is 17.0 Å². The Labute approximate surface area is 119 Å². The van der Waals surface area contributed by atoms with Gasteiger partial charge < -0.3 is 10.6 Å². The third-order valence-electron chi connectivity index (χ3n) is 2.64. The molecule has 2 aromatic rings. The number of nitrogens with one attached hydrogen (secondary N) is 1. The molecular formula is C11H13N7O3. The number of ether oxygens (including phenoxy) is 1. The van der Waals surface area contributed by atoms with Gasteiger partial charge >= 0.3 is 5.69 Å². The van der Waals surface area contributed by atoms with Crippen LogP contribution in [-0.4, -0.2) is 33.1 Å². The van der Waals surface area contributed by atoms with Gasteiger partial charge in [-0.1, -0.05) is 0 Å². The van der Waals surface area contributed by atoms with Gasteiger partial charge in [-0.25, -0.2) is 10.1 Å². The van der Waals surface area contributed by atoms with Crippen LogP contribution in [0.5, 0.6) is 5.75 Å². The molecule has 0 bridgehead atoms. The molecule has 0 amide bonds. The van der Waals surface area contributed by atoms with Crippen molar-refractivity contribution in [2.24, 2.45) is 5.10 Å². The van der Waals surface area contributed by atoms with Gasteiger partial charge in [0.2, 0.25) is 0 Å². The van der Waals surface area contributed by atoms with Gasteiger partial charge in [-0.2, -0.15) is 5.10 Å². The van der Waals surface area contributed by atoms with Crippen molar-refractivity contribution in [2.45, 2.75) is 6.92 Å². The summed E-state index contributed by atoms with van der Waals surface area (Å²) in [5.74, 6) is 6.59. The molecule has 0 atom stereocenters. The third-order valence-corrected chi connectivity index (χ3v) is 2.64. The average molecular weight is 291 g/mol. The summed E-state index contributed by atoms with van der Waals surface area (Å²) in [5, 5.41) is 22.3. The molecule has 1 heterocycles. The minimum Gasteiger partial charge on any atom is -0.490 e. The number of aryl methyl sites for hydroxylation is 1. The van der Waals surface area contributed by atoms with Crippen molar-refractivity contribution >= 4 is 17.9 Å². The van der Waals surface area contributed by atoms with Gasteiger partial charge in [-0.05, 0) is 19.1 Å². The number of anilines is 1. The van der Waals surface area contributed by atoms with E-state index < -0.39 is 4.92 Å². The Bertz CT molecular complexity index is 695. The zero-order chi connectivity index (χ0) is 15.4. The first-order valence-electron chi connectivity index (χ1n) is 5.81. The summed E-state index contributed by atoms with van der Waals surface area (Å²) in [5.41, 5.74) is 2.98. The highest BCUT2D eigenvalue weighted by molar-refractivity contribution is 5.82. The Morgan fingerprint density at radius 3 is 2.86 bits per heavy atom. The zero-order valence-corrected chi connectivity index (χ0v) is 11.3. The molecule has 10 nitrogen and oxygen atoms in total. The molecule has 0 saturated heterocycles. The van der Waals surface area contributed by atoms with Gasteiger partial charge in [0.1, 0.15) is 0 Å². The zero-order valence-electron chi connectivity index (χ0n) is 11.3. The summed E-state index contributed by atoms with van der Waals surface area (Å²) >= 11 is 0. The number of aromatic nitrogens is 3. The molecule has 1 aromatic heterocycles. The topological polar surface area (TPSA) is 133 Å². The average Bonchev–Trinajstić information content (AvgIpc) is 2.79. The van der Waals surface area contributed by atoms with Crippen LogP contribution in [0.1, 0.15) is 11.4 Å². The van der Waals surface area contributed by atoms with E-state index in [4.69, 9.17) is 10.6 Å². The van der Waals surface area contributed by atoms with E-state index >= 15 is 0 Å². The van der Waals surface area contributed by atoms with Gasteiger partial charge in [0, 0.05) is 11.6 Å². The molecule has 10 heteroatoms. The van der Waals surface area contributed by atoms with Gasteiger partial charge in [-0.3, -0.25) is 10.1 Å². The molecule has 0 aliphatic heterocycles. The van der Waals surface area contributed by atoms with E-state index in [0.29, 0.717) is 11.4 Å². The number of hydrazone groups is 1. The number of nitrogens with zero attached hydrogens (tertiary/aromatic N) is 5. The maximum atomic E-state index is 10.9. The number of benzene rings is 1. The fourth-order valence-electron chi connectivity index (χ4n) is 1.54. The number of methoxy groups -OCH3 is 1. The van der Waals surface area contributed by atoms with Crippen molar-refractivity contribution in [2.75, 3.05) is 18.4 Å². The van der Waals surface area contributed by atoms with E-state index in [1.165, 1.54) is 30.1 Å². The lowest BCUT2D eigenvalue weighted by molar-refractivity contribution is -0.385. The molecule has 0 aliphatic rings. The number of nitro groups is 1. The van der Waals surface area contributed by atoms with Crippen LogP contribution in [0.15, 0.2) is 23.3 Å². The molecule has 0 saturated carbocycles. The van der Waals surface area contributed by atoms with E-state index in [1.54, 1.807) is 13.0 Å². The standard InChI is InChI=1S/C11H13N7O3/c1-7-14-16-11(17(7)12)15-13-6-8-3-4-10(21-2)9(5-8)18(19)20/h3-6H,12H2,1-2H3,(H,15,16)/b13-6-. The highest BCUT2D eigenvalue weighted by atomic mass is 16.6. The largest absolute Gasteiger partial charge is 0.490 e. The lowest BCUT2D eigenvalue weighted by Crippen LogP contribution is -2.13. The Hall–Kier alpha value is -3.17. The first kappa shape index (κ1) is 14.2. The second-order valence-electron chi connectivity index (χ2n) is 4.00. The maximum absolute atomic E-state index is 10.9. The van der Waals surface area contributed by atoms with Crippen LogP contribution < -0.4 is 16.0 Å². The first-order chi connectivity index (χ1) is 10.0. The smallest absolute Gasteiger partial charge is 0.311 e. The number of nitrogen functional groups attached to an aromatic ring is 1. The Morgan fingerprint density at radius 1 is 1.52 bits per heavy atom. The summed E-state index contributed by atoms with van der Waals surface area (Å²) in [6.45, 7) is 1.69. The summed E-state index contributed by atoms with van der Waals surface area (Å²) in [6.07, 6.45) is 1.40. The van der Waals surface area contributed by atoms with Crippen molar-refractivity contribution in [1.29, 1.82) is 0 Å². The monoisotopic (exact) mass is 291 g/mol. The van der Waals surface area contributed by atoms with Crippen LogP contribution in [0.4, 0.5) is 11.6 Å². The Morgan fingerprint density at radius 2 is 2.29 bits per heavy atom. The molecule has 110 valence electrons. The van der Waals surface area contributed by atoms with E-state index in [0.717, 1.165) is 0 Å². The summed E-state index contributed by atoms with van der Waals surface area (Å²) in [6, 6.07) is 4.48. The lowest BCUT2D eigenvalue weighted by Gasteiger charge is -2.02. The summed E-state index contributed by atoms with van der Waals surface area (Å²) in [4.78, 5) is 10.4. The Kier molecular flexibility index (Phi) is 3.97. The molecule has 21 heavy (non-hydrogen) atoms. The van der Waals surface area contributed by atoms with Crippen LogP contribution in [0.25, 0.3) is 0 Å². The van der Waals surface area contributed by atoms with Crippen molar-refractivity contribution in [3.63, 3.8) is 0 Å². The highest BCUT2D eigenvalue weighted by Crippen LogP contribution is 2.26. The van der Waals surface area contributed by atoms with E-state index in [-0.39, 0.29) is 17.4 Å². The molecule has 3 N–H and O–H groups in total. The number of nitro benzene ring substituents is 1. The molecule has 1 aromatic carbocycles. The molecule has 0 radical (unpaired) electrons. The van der Waals surface area contributed by atoms with Crippen LogP contribution in [-0.2, 0) is 0 Å². The summed E-state index contributed by atoms with van der Waals surface area (Å²) in [7, 11) is 1.37. The van der Waals surface area contributed by atoms with Gasteiger partial charge in [0.25, 0.3) is 5.95 Å². The molecule has 0 aliphatic carbocycles. The lowest BCUT2D eigenvalue weighted by atomic mass is 10.2. The second kappa shape index (κ2) is 5.86.